The van der Waals surface area contributed by atoms with Gasteiger partial charge in [-0.2, -0.15) is 0 Å². The maximum atomic E-state index is 13.2. The van der Waals surface area contributed by atoms with E-state index in [9.17, 15) is 26.4 Å². The number of hydrogen-bond donors (Lipinski definition) is 8. The first-order chi connectivity index (χ1) is 41.5. The summed E-state index contributed by atoms with van der Waals surface area (Å²) < 4.78 is 93.6. The molecule has 0 bridgehead atoms. The standard InChI is InChI=1S/C60H86Cl2N10O12S2/c1-41-33-45(61)37-51-49(41)39-53(71-21-13-63-14-22-71)57(51)83-55-9-7-47(35-43(55)3)85(75,76)69-19-27-81-31-29-79-25-17-67-59(73)65-11-5-6-12-66-60(74)68-18-26-80-30-32-82-28-20-70-86(77,78)48-8-10-56(44(4)36-48)84-58-52-38-46(62)34-42(2)50(52)40-54(58)72-23-15-64-16-24-72/h7-10,33-38,53-54,57-58,63-64,69-70H,5-6,11-32,39-40H2,1-4H3,(H2,65,67,73)(H2,66,68,74)/t53-,54-,57-,58-/m0/s1. The van der Waals surface area contributed by atoms with E-state index >= 15 is 0 Å². The average molecular weight is 1270 g/mol. The van der Waals surface area contributed by atoms with Gasteiger partial charge < -0.3 is 60.3 Å². The third-order valence-corrected chi connectivity index (χ3v) is 19.2. The Labute approximate surface area is 517 Å². The summed E-state index contributed by atoms with van der Waals surface area (Å²) in [5.41, 5.74) is 8.40. The number of rotatable bonds is 33. The minimum Gasteiger partial charge on any atom is -0.484 e. The molecular weight excluding hydrogens is 1190 g/mol. The molecule has 0 unspecified atom stereocenters. The Morgan fingerprint density at radius 1 is 0.488 bits per heavy atom. The van der Waals surface area contributed by atoms with Crippen LogP contribution in [0.25, 0.3) is 0 Å². The van der Waals surface area contributed by atoms with Gasteiger partial charge in [-0.15, -0.1) is 0 Å². The summed E-state index contributed by atoms with van der Waals surface area (Å²) in [4.78, 5) is 29.6. The van der Waals surface area contributed by atoms with Crippen LogP contribution in [0.3, 0.4) is 0 Å². The fraction of sp³-hybridized carbons (Fsp3) is 0.567. The minimum atomic E-state index is -3.80. The first-order valence-electron chi connectivity index (χ1n) is 29.8. The van der Waals surface area contributed by atoms with Gasteiger partial charge in [-0.25, -0.2) is 35.9 Å². The van der Waals surface area contributed by atoms with Gasteiger partial charge in [-0.05, 0) is 159 Å². The van der Waals surface area contributed by atoms with Gasteiger partial charge in [0.05, 0.1) is 74.7 Å². The van der Waals surface area contributed by atoms with Crippen molar-refractivity contribution < 1.29 is 54.8 Å². The number of hydrogen-bond acceptors (Lipinski definition) is 16. The predicted octanol–water partition coefficient (Wildman–Crippen LogP) is 4.83. The Morgan fingerprint density at radius 3 is 1.22 bits per heavy atom. The second-order valence-electron chi connectivity index (χ2n) is 21.9. The van der Waals surface area contributed by atoms with Crippen molar-refractivity contribution in [2.45, 2.75) is 87.5 Å². The van der Waals surface area contributed by atoms with E-state index in [1.54, 1.807) is 36.4 Å². The van der Waals surface area contributed by atoms with Gasteiger partial charge in [-0.3, -0.25) is 9.80 Å². The fourth-order valence-electron chi connectivity index (χ4n) is 11.3. The lowest BCUT2D eigenvalue weighted by atomic mass is 10.0. The third kappa shape index (κ3) is 19.3. The van der Waals surface area contributed by atoms with Gasteiger partial charge in [0.25, 0.3) is 0 Å². The van der Waals surface area contributed by atoms with Crippen LogP contribution in [0.1, 0.15) is 69.6 Å². The molecule has 2 saturated heterocycles. The van der Waals surface area contributed by atoms with Gasteiger partial charge in [0.15, 0.2) is 0 Å². The molecule has 8 rings (SSSR count). The lowest BCUT2D eigenvalue weighted by Crippen LogP contribution is -2.50. The third-order valence-electron chi connectivity index (χ3n) is 15.8. The van der Waals surface area contributed by atoms with E-state index in [1.165, 1.54) is 11.1 Å². The van der Waals surface area contributed by atoms with Crippen LogP contribution in [0.2, 0.25) is 10.0 Å². The number of ether oxygens (including phenoxy) is 6. The summed E-state index contributed by atoms with van der Waals surface area (Å²) in [7, 11) is -7.61. The largest absolute Gasteiger partial charge is 0.484 e. The molecule has 4 amide bonds. The molecule has 2 fully saturated rings. The van der Waals surface area contributed by atoms with E-state index in [0.29, 0.717) is 58.6 Å². The molecule has 8 N–H and O–H groups in total. The highest BCUT2D eigenvalue weighted by Gasteiger charge is 2.41. The molecule has 0 radical (unpaired) electrons. The lowest BCUT2D eigenvalue weighted by molar-refractivity contribution is 0.0516. The number of sulfonamides is 2. The molecule has 2 aliphatic carbocycles. The number of aryl methyl sites for hydroxylation is 4. The average Bonchev–Trinajstić information content (AvgIpc) is 2.05. The molecule has 0 saturated carbocycles. The quantitative estimate of drug-likeness (QED) is 0.0297. The van der Waals surface area contributed by atoms with E-state index in [1.807, 2.05) is 38.1 Å². The Bertz CT molecular complexity index is 2910. The first kappa shape index (κ1) is 67.0. The number of piperazine rings is 2. The topological polar surface area (TPSA) is 261 Å². The van der Waals surface area contributed by atoms with Crippen LogP contribution in [-0.2, 0) is 51.8 Å². The van der Waals surface area contributed by atoms with Gasteiger partial charge in [0.1, 0.15) is 23.7 Å². The maximum absolute atomic E-state index is 13.2. The molecule has 4 aromatic rings. The normalized spacial score (nSPS) is 19.0. The second kappa shape index (κ2) is 33.1. The zero-order valence-electron chi connectivity index (χ0n) is 49.8. The SMILES string of the molecule is Cc1cc(S(=O)(=O)NCCOCCOCCNC(=O)NCCCCNC(=O)NCCOCCOCCNS(=O)(=O)c2ccc(O[C@H]3c4cc(Cl)cc(C)c4C[C@@H]3N3CCNCC3)c(C)c2)ccc1O[C@H]1c2cc(Cl)cc(C)c2C[C@@H]1N1CCNCC1. The lowest BCUT2D eigenvalue weighted by Gasteiger charge is -2.36. The van der Waals surface area contributed by atoms with Gasteiger partial charge in [-0.1, -0.05) is 23.2 Å². The van der Waals surface area contributed by atoms with Crippen molar-refractivity contribution >= 4 is 55.3 Å². The van der Waals surface area contributed by atoms with Crippen molar-refractivity contribution in [1.29, 1.82) is 0 Å². The van der Waals surface area contributed by atoms with Crippen molar-refractivity contribution in [1.82, 2.24) is 51.1 Å². The number of nitrogens with one attached hydrogen (secondary N) is 8. The predicted molar refractivity (Wildman–Crippen MR) is 331 cm³/mol. The Hall–Kier alpha value is -4.90. The number of fused-ring (bicyclic) bond motifs is 2. The van der Waals surface area contributed by atoms with Gasteiger partial charge in [0.2, 0.25) is 20.0 Å². The summed E-state index contributed by atoms with van der Waals surface area (Å²) in [5.74, 6) is 1.25. The highest BCUT2D eigenvalue weighted by atomic mass is 35.5. The molecule has 22 nitrogen and oxygen atoms in total. The monoisotopic (exact) mass is 1270 g/mol. The van der Waals surface area contributed by atoms with Gasteiger partial charge >= 0.3 is 12.1 Å². The minimum absolute atomic E-state index is 0.0767. The molecule has 4 aromatic carbocycles. The van der Waals surface area contributed by atoms with Crippen LogP contribution < -0.4 is 50.8 Å². The number of carbonyl (C=O) groups excluding carboxylic acids is 2. The van der Waals surface area contributed by atoms with Crippen molar-refractivity contribution in [3.05, 3.63) is 115 Å². The highest BCUT2D eigenvalue weighted by Crippen LogP contribution is 2.44. The summed E-state index contributed by atoms with van der Waals surface area (Å²) >= 11 is 13.0. The molecule has 474 valence electrons. The number of halogens is 2. The number of nitrogens with zero attached hydrogens (tertiary/aromatic N) is 2. The van der Waals surface area contributed by atoms with Crippen molar-refractivity contribution in [3.8, 4) is 11.5 Å². The molecule has 0 aromatic heterocycles. The molecular formula is C60H86Cl2N10O12S2. The van der Waals surface area contributed by atoms with E-state index in [-0.39, 0.29) is 125 Å². The Kier molecular flexibility index (Phi) is 25.8. The van der Waals surface area contributed by atoms with Crippen LogP contribution in [0.15, 0.2) is 70.5 Å². The van der Waals surface area contributed by atoms with Crippen molar-refractivity contribution in [3.63, 3.8) is 0 Å². The maximum Gasteiger partial charge on any atom is 0.314 e. The molecule has 4 atom stereocenters. The second-order valence-corrected chi connectivity index (χ2v) is 26.4. The molecule has 2 heterocycles. The fourth-order valence-corrected chi connectivity index (χ4v) is 14.1. The number of amides is 4. The molecule has 0 spiro atoms. The van der Waals surface area contributed by atoms with Crippen molar-refractivity contribution in [2.75, 3.05) is 144 Å². The first-order valence-corrected chi connectivity index (χ1v) is 33.6. The summed E-state index contributed by atoms with van der Waals surface area (Å²) in [6.07, 6.45) is 2.56. The van der Waals surface area contributed by atoms with Gasteiger partial charge in [0, 0.05) is 102 Å². The van der Waals surface area contributed by atoms with Crippen LogP contribution in [0.4, 0.5) is 9.59 Å². The zero-order chi connectivity index (χ0) is 61.1. The molecule has 26 heteroatoms. The number of carbonyl (C=O) groups is 2. The molecule has 86 heavy (non-hydrogen) atoms. The Balaban J connectivity index is 0.587. The summed E-state index contributed by atoms with van der Waals surface area (Å²) in [6.45, 7) is 18.7. The van der Waals surface area contributed by atoms with E-state index in [2.05, 4.69) is 65.0 Å². The summed E-state index contributed by atoms with van der Waals surface area (Å²) in [5, 5.41) is 19.2. The summed E-state index contributed by atoms with van der Waals surface area (Å²) in [6, 6.07) is 17.4. The van der Waals surface area contributed by atoms with Crippen LogP contribution in [0.5, 0.6) is 11.5 Å². The Morgan fingerprint density at radius 2 is 0.849 bits per heavy atom. The number of urea groups is 2. The zero-order valence-corrected chi connectivity index (χ0v) is 53.0. The van der Waals surface area contributed by atoms with Crippen molar-refractivity contribution in [2.24, 2.45) is 0 Å². The van der Waals surface area contributed by atoms with E-state index < -0.39 is 20.0 Å². The van der Waals surface area contributed by atoms with Crippen LogP contribution in [-0.4, -0.2) is 195 Å². The number of unbranched alkanes of at least 4 members (excludes halogenated alkanes) is 1. The smallest absolute Gasteiger partial charge is 0.314 e. The van der Waals surface area contributed by atoms with Crippen LogP contribution >= 0.6 is 23.2 Å². The highest BCUT2D eigenvalue weighted by molar-refractivity contribution is 7.89. The number of benzene rings is 4. The molecule has 4 aliphatic rings. The van der Waals surface area contributed by atoms with Crippen LogP contribution in [0, 0.1) is 27.7 Å². The van der Waals surface area contributed by atoms with E-state index in [4.69, 9.17) is 51.6 Å². The molecule has 2 aliphatic heterocycles. The van der Waals surface area contributed by atoms with E-state index in [0.717, 1.165) is 87.5 Å².